The Morgan fingerprint density at radius 1 is 0.960 bits per heavy atom. The van der Waals surface area contributed by atoms with E-state index >= 15 is 0 Å². The molecule has 25 heavy (non-hydrogen) atoms. The number of oxime groups is 1. The van der Waals surface area contributed by atoms with E-state index in [1.807, 2.05) is 18.4 Å². The molecule has 1 aliphatic rings. The minimum atomic E-state index is 0.563. The Bertz CT molecular complexity index is 833. The van der Waals surface area contributed by atoms with E-state index in [9.17, 15) is 5.21 Å². The van der Waals surface area contributed by atoms with Crippen LogP contribution in [0.1, 0.15) is 17.5 Å². The van der Waals surface area contributed by atoms with Crippen molar-refractivity contribution in [1.82, 2.24) is 0 Å². The van der Waals surface area contributed by atoms with Gasteiger partial charge in [0.1, 0.15) is 0 Å². The number of thioether (sulfide) groups is 1. The Hall–Kier alpha value is -2.34. The largest absolute Gasteiger partial charge is 0.493 e. The monoisotopic (exact) mass is 359 g/mol. The molecule has 2 aromatic carbocycles. The fourth-order valence-electron chi connectivity index (χ4n) is 3.30. The molecule has 1 N–H and O–H groups in total. The van der Waals surface area contributed by atoms with Crippen LogP contribution in [-0.4, -0.2) is 38.5 Å². The van der Waals surface area contributed by atoms with Crippen LogP contribution in [0.3, 0.4) is 0 Å². The third-order valence-corrected chi connectivity index (χ3v) is 5.20. The van der Waals surface area contributed by atoms with E-state index in [2.05, 4.69) is 17.3 Å². The summed E-state index contributed by atoms with van der Waals surface area (Å²) in [5.41, 5.74) is 4.59. The zero-order valence-electron chi connectivity index (χ0n) is 14.8. The standard InChI is InChI=1S/C19H21NO4S/c1-22-16-9-11-5-8-15(20-21)14-10-12(25-4)6-7-13(14)17(11)19(24-3)18(16)23-2/h6-7,9-10,21H,5,8H2,1-4H3/b20-15-. The third kappa shape index (κ3) is 2.91. The highest BCUT2D eigenvalue weighted by molar-refractivity contribution is 7.98. The number of hydrogen-bond donors (Lipinski definition) is 1. The smallest absolute Gasteiger partial charge is 0.203 e. The summed E-state index contributed by atoms with van der Waals surface area (Å²) in [6, 6.07) is 8.14. The zero-order valence-corrected chi connectivity index (χ0v) is 15.6. The van der Waals surface area contributed by atoms with Crippen LogP contribution in [0.5, 0.6) is 17.2 Å². The number of methoxy groups -OCH3 is 3. The van der Waals surface area contributed by atoms with Crippen molar-refractivity contribution in [2.45, 2.75) is 17.7 Å². The second-order valence-corrected chi connectivity index (χ2v) is 6.52. The predicted octanol–water partition coefficient (Wildman–Crippen LogP) is 4.23. The van der Waals surface area contributed by atoms with Crippen molar-refractivity contribution in [3.05, 3.63) is 35.4 Å². The first-order valence-corrected chi connectivity index (χ1v) is 9.12. The Kier molecular flexibility index (Phi) is 5.08. The molecule has 0 heterocycles. The van der Waals surface area contributed by atoms with Crippen molar-refractivity contribution in [2.24, 2.45) is 5.16 Å². The SMILES string of the molecule is COc1cc2c(c(OC)c1OC)-c1ccc(SC)cc1/C(=N\O)CC2. The van der Waals surface area contributed by atoms with Gasteiger partial charge in [-0.05, 0) is 48.4 Å². The fourth-order valence-corrected chi connectivity index (χ4v) is 3.74. The van der Waals surface area contributed by atoms with Gasteiger partial charge < -0.3 is 19.4 Å². The van der Waals surface area contributed by atoms with Crippen molar-refractivity contribution in [3.63, 3.8) is 0 Å². The summed E-state index contributed by atoms with van der Waals surface area (Å²) in [7, 11) is 4.83. The predicted molar refractivity (Wildman–Crippen MR) is 100.0 cm³/mol. The summed E-state index contributed by atoms with van der Waals surface area (Å²) in [5.74, 6) is 1.83. The highest BCUT2D eigenvalue weighted by Crippen LogP contribution is 2.49. The molecule has 2 aromatic rings. The molecule has 6 heteroatoms. The number of nitrogens with zero attached hydrogens (tertiary/aromatic N) is 1. The van der Waals surface area contributed by atoms with E-state index in [0.717, 1.165) is 27.1 Å². The second kappa shape index (κ2) is 7.27. The summed E-state index contributed by atoms with van der Waals surface area (Å²) in [5, 5.41) is 13.1. The van der Waals surface area contributed by atoms with E-state index in [0.29, 0.717) is 35.8 Å². The van der Waals surface area contributed by atoms with Gasteiger partial charge in [0.2, 0.25) is 5.75 Å². The summed E-state index contributed by atoms with van der Waals surface area (Å²) < 4.78 is 16.7. The van der Waals surface area contributed by atoms with Crippen LogP contribution in [0.2, 0.25) is 0 Å². The summed E-state index contributed by atoms with van der Waals surface area (Å²) in [4.78, 5) is 1.11. The van der Waals surface area contributed by atoms with E-state index in [1.54, 1.807) is 33.1 Å². The van der Waals surface area contributed by atoms with Gasteiger partial charge in [0.25, 0.3) is 0 Å². The summed E-state index contributed by atoms with van der Waals surface area (Å²) in [6.07, 6.45) is 3.37. The maximum atomic E-state index is 9.53. The molecule has 3 rings (SSSR count). The number of aryl methyl sites for hydroxylation is 1. The number of ether oxygens (including phenoxy) is 3. The Morgan fingerprint density at radius 2 is 1.72 bits per heavy atom. The van der Waals surface area contributed by atoms with E-state index in [4.69, 9.17) is 14.2 Å². The maximum absolute atomic E-state index is 9.53. The van der Waals surface area contributed by atoms with Crippen molar-refractivity contribution in [1.29, 1.82) is 0 Å². The second-order valence-electron chi connectivity index (χ2n) is 5.64. The molecule has 0 radical (unpaired) electrons. The van der Waals surface area contributed by atoms with Gasteiger partial charge in [0, 0.05) is 16.0 Å². The number of fused-ring (bicyclic) bond motifs is 3. The molecule has 0 saturated carbocycles. The van der Waals surface area contributed by atoms with Crippen LogP contribution in [0.25, 0.3) is 11.1 Å². The molecular weight excluding hydrogens is 338 g/mol. The fraction of sp³-hybridized carbons (Fsp3) is 0.316. The molecule has 5 nitrogen and oxygen atoms in total. The molecule has 0 aliphatic heterocycles. The van der Waals surface area contributed by atoms with Crippen molar-refractivity contribution in [2.75, 3.05) is 27.6 Å². The van der Waals surface area contributed by atoms with Crippen LogP contribution >= 0.6 is 11.8 Å². The van der Waals surface area contributed by atoms with Gasteiger partial charge in [-0.1, -0.05) is 11.2 Å². The molecule has 0 saturated heterocycles. The topological polar surface area (TPSA) is 60.3 Å². The lowest BCUT2D eigenvalue weighted by Crippen LogP contribution is -2.02. The van der Waals surface area contributed by atoms with E-state index < -0.39 is 0 Å². The van der Waals surface area contributed by atoms with Gasteiger partial charge in [-0.3, -0.25) is 0 Å². The van der Waals surface area contributed by atoms with Gasteiger partial charge >= 0.3 is 0 Å². The third-order valence-electron chi connectivity index (χ3n) is 4.47. The Balaban J connectivity index is 2.38. The molecule has 0 unspecified atom stereocenters. The Labute approximate surface area is 151 Å². The van der Waals surface area contributed by atoms with Crippen LogP contribution < -0.4 is 14.2 Å². The molecule has 0 amide bonds. The Morgan fingerprint density at radius 3 is 2.32 bits per heavy atom. The first-order chi connectivity index (χ1) is 12.2. The van der Waals surface area contributed by atoms with E-state index in [-0.39, 0.29) is 0 Å². The highest BCUT2D eigenvalue weighted by atomic mass is 32.2. The zero-order chi connectivity index (χ0) is 18.0. The molecule has 1 aliphatic carbocycles. The highest BCUT2D eigenvalue weighted by Gasteiger charge is 2.27. The van der Waals surface area contributed by atoms with Gasteiger partial charge in [-0.2, -0.15) is 0 Å². The number of hydrogen-bond acceptors (Lipinski definition) is 6. The minimum absolute atomic E-state index is 0.563. The minimum Gasteiger partial charge on any atom is -0.493 e. The van der Waals surface area contributed by atoms with Crippen LogP contribution in [-0.2, 0) is 6.42 Å². The quantitative estimate of drug-likeness (QED) is 0.503. The molecule has 0 fully saturated rings. The molecular formula is C19H21NO4S. The van der Waals surface area contributed by atoms with Crippen LogP contribution in [0.4, 0.5) is 0 Å². The molecule has 0 spiro atoms. The van der Waals surface area contributed by atoms with Gasteiger partial charge in [-0.15, -0.1) is 11.8 Å². The normalized spacial score (nSPS) is 14.5. The lowest BCUT2D eigenvalue weighted by atomic mass is 9.94. The van der Waals surface area contributed by atoms with Crippen LogP contribution in [0.15, 0.2) is 34.3 Å². The van der Waals surface area contributed by atoms with Crippen molar-refractivity contribution in [3.8, 4) is 28.4 Å². The van der Waals surface area contributed by atoms with Crippen LogP contribution in [0, 0.1) is 0 Å². The lowest BCUT2D eigenvalue weighted by molar-refractivity contribution is 0.318. The van der Waals surface area contributed by atoms with Crippen molar-refractivity contribution >= 4 is 17.5 Å². The summed E-state index contributed by atoms with van der Waals surface area (Å²) in [6.45, 7) is 0. The van der Waals surface area contributed by atoms with E-state index in [1.165, 1.54) is 0 Å². The molecule has 0 aromatic heterocycles. The first-order valence-electron chi connectivity index (χ1n) is 7.90. The van der Waals surface area contributed by atoms with Gasteiger partial charge in [-0.25, -0.2) is 0 Å². The maximum Gasteiger partial charge on any atom is 0.203 e. The number of rotatable bonds is 4. The molecule has 132 valence electrons. The summed E-state index contributed by atoms with van der Waals surface area (Å²) >= 11 is 1.65. The average Bonchev–Trinajstić information content (AvgIpc) is 2.81. The average molecular weight is 359 g/mol. The molecule has 0 atom stereocenters. The lowest BCUT2D eigenvalue weighted by Gasteiger charge is -2.19. The number of benzene rings is 2. The van der Waals surface area contributed by atoms with Gasteiger partial charge in [0.15, 0.2) is 11.5 Å². The molecule has 0 bridgehead atoms. The van der Waals surface area contributed by atoms with Crippen molar-refractivity contribution < 1.29 is 19.4 Å². The van der Waals surface area contributed by atoms with Gasteiger partial charge in [0.05, 0.1) is 27.0 Å². The first kappa shape index (κ1) is 17.5.